The molecule has 0 bridgehead atoms. The third-order valence-electron chi connectivity index (χ3n) is 3.18. The lowest BCUT2D eigenvalue weighted by Gasteiger charge is -2.17. The summed E-state index contributed by atoms with van der Waals surface area (Å²) in [5.41, 5.74) is 4.86. The van der Waals surface area contributed by atoms with Gasteiger partial charge in [-0.15, -0.1) is 0 Å². The summed E-state index contributed by atoms with van der Waals surface area (Å²) in [6.07, 6.45) is 0.508. The van der Waals surface area contributed by atoms with Gasteiger partial charge in [0.15, 0.2) is 0 Å². The minimum absolute atomic E-state index is 0.121. The highest BCUT2D eigenvalue weighted by Crippen LogP contribution is 2.28. The summed E-state index contributed by atoms with van der Waals surface area (Å²) >= 11 is 0. The van der Waals surface area contributed by atoms with Crippen LogP contribution in [0, 0.1) is 17.6 Å². The fourth-order valence-electron chi connectivity index (χ4n) is 2.05. The summed E-state index contributed by atoms with van der Waals surface area (Å²) in [5, 5.41) is 8.99. The molecule has 1 aliphatic heterocycles. The van der Waals surface area contributed by atoms with Crippen molar-refractivity contribution in [2.24, 2.45) is 5.92 Å². The van der Waals surface area contributed by atoms with Crippen molar-refractivity contribution in [1.29, 1.82) is 0 Å². The molecule has 0 amide bonds. The number of nitrogens with zero attached hydrogens (tertiary/aromatic N) is 1. The molecule has 1 aromatic carbocycles. The molecule has 1 aliphatic rings. The predicted octanol–water partition coefficient (Wildman–Crippen LogP) is 0.550. The van der Waals surface area contributed by atoms with E-state index in [4.69, 9.17) is 10.8 Å². The molecule has 19 heavy (non-hydrogen) atoms. The summed E-state index contributed by atoms with van der Waals surface area (Å²) in [7, 11) is -4.05. The Balaban J connectivity index is 2.38. The van der Waals surface area contributed by atoms with Crippen LogP contribution in [0.1, 0.15) is 6.42 Å². The van der Waals surface area contributed by atoms with E-state index in [2.05, 4.69) is 0 Å². The zero-order valence-electron chi connectivity index (χ0n) is 10.0. The van der Waals surface area contributed by atoms with Gasteiger partial charge in [0.1, 0.15) is 16.5 Å². The molecular formula is C11H14F2N2O3S. The van der Waals surface area contributed by atoms with Crippen molar-refractivity contribution in [3.8, 4) is 0 Å². The average Bonchev–Trinajstić information content (AvgIpc) is 2.83. The Bertz CT molecular complexity index is 592. The second kappa shape index (κ2) is 5.03. The molecule has 1 heterocycles. The monoisotopic (exact) mass is 292 g/mol. The van der Waals surface area contributed by atoms with Crippen molar-refractivity contribution in [3.05, 3.63) is 23.8 Å². The third kappa shape index (κ3) is 2.56. The van der Waals surface area contributed by atoms with Crippen LogP contribution in [0.5, 0.6) is 0 Å². The van der Waals surface area contributed by atoms with E-state index in [9.17, 15) is 17.2 Å². The number of nitrogen functional groups attached to an aromatic ring is 1. The first-order valence-electron chi connectivity index (χ1n) is 5.71. The normalized spacial score (nSPS) is 20.9. The molecular weight excluding hydrogens is 278 g/mol. The quantitative estimate of drug-likeness (QED) is 0.797. The molecule has 1 saturated heterocycles. The second-order valence-electron chi connectivity index (χ2n) is 4.50. The summed E-state index contributed by atoms with van der Waals surface area (Å²) < 4.78 is 52.1. The first kappa shape index (κ1) is 14.2. The van der Waals surface area contributed by atoms with E-state index in [1.165, 1.54) is 0 Å². The van der Waals surface area contributed by atoms with Crippen molar-refractivity contribution in [2.75, 3.05) is 25.4 Å². The molecule has 106 valence electrons. The predicted molar refractivity (Wildman–Crippen MR) is 64.7 cm³/mol. The largest absolute Gasteiger partial charge is 0.396 e. The molecule has 0 aromatic heterocycles. The van der Waals surface area contributed by atoms with Crippen LogP contribution >= 0.6 is 0 Å². The van der Waals surface area contributed by atoms with Crippen molar-refractivity contribution in [2.45, 2.75) is 11.3 Å². The SMILES string of the molecule is Nc1cc(S(=O)(=O)N2CCC(CO)C2)c(F)cc1F. The van der Waals surface area contributed by atoms with Gasteiger partial charge in [-0.1, -0.05) is 0 Å². The van der Waals surface area contributed by atoms with Crippen LogP contribution in [-0.2, 0) is 10.0 Å². The first-order valence-corrected chi connectivity index (χ1v) is 7.15. The van der Waals surface area contributed by atoms with Gasteiger partial charge in [0.25, 0.3) is 0 Å². The molecule has 0 aliphatic carbocycles. The minimum atomic E-state index is -4.05. The van der Waals surface area contributed by atoms with Gasteiger partial charge in [-0.2, -0.15) is 4.31 Å². The van der Waals surface area contributed by atoms with Gasteiger partial charge < -0.3 is 10.8 Å². The van der Waals surface area contributed by atoms with Gasteiger partial charge >= 0.3 is 0 Å². The molecule has 2 rings (SSSR count). The fraction of sp³-hybridized carbons (Fsp3) is 0.455. The Kier molecular flexibility index (Phi) is 3.75. The van der Waals surface area contributed by atoms with E-state index in [0.29, 0.717) is 12.5 Å². The van der Waals surface area contributed by atoms with Crippen LogP contribution in [0.25, 0.3) is 0 Å². The first-order chi connectivity index (χ1) is 8.86. The van der Waals surface area contributed by atoms with E-state index in [1.807, 2.05) is 0 Å². The van der Waals surface area contributed by atoms with E-state index in [0.717, 1.165) is 10.4 Å². The zero-order valence-corrected chi connectivity index (χ0v) is 10.8. The molecule has 0 radical (unpaired) electrons. The lowest BCUT2D eigenvalue weighted by atomic mass is 10.1. The molecule has 1 fully saturated rings. The molecule has 3 N–H and O–H groups in total. The summed E-state index contributed by atoms with van der Waals surface area (Å²) in [4.78, 5) is -0.634. The highest BCUT2D eigenvalue weighted by Gasteiger charge is 2.34. The Hall–Kier alpha value is -1.25. The summed E-state index contributed by atoms with van der Waals surface area (Å²) in [6.45, 7) is 0.194. The number of aliphatic hydroxyl groups is 1. The highest BCUT2D eigenvalue weighted by molar-refractivity contribution is 7.89. The molecule has 5 nitrogen and oxygen atoms in total. The smallest absolute Gasteiger partial charge is 0.246 e. The third-order valence-corrected chi connectivity index (χ3v) is 5.06. The summed E-state index contributed by atoms with van der Waals surface area (Å²) in [5.74, 6) is -2.32. The molecule has 0 spiro atoms. The van der Waals surface area contributed by atoms with Gasteiger partial charge in [0.05, 0.1) is 5.69 Å². The van der Waals surface area contributed by atoms with Gasteiger partial charge in [-0.3, -0.25) is 0 Å². The minimum Gasteiger partial charge on any atom is -0.396 e. The Morgan fingerprint density at radius 2 is 2.05 bits per heavy atom. The lowest BCUT2D eigenvalue weighted by Crippen LogP contribution is -2.30. The number of benzene rings is 1. The van der Waals surface area contributed by atoms with Crippen LogP contribution in [0.2, 0.25) is 0 Å². The van der Waals surface area contributed by atoms with Crippen molar-refractivity contribution >= 4 is 15.7 Å². The number of hydrogen-bond donors (Lipinski definition) is 2. The lowest BCUT2D eigenvalue weighted by molar-refractivity contribution is 0.233. The van der Waals surface area contributed by atoms with Gasteiger partial charge in [0.2, 0.25) is 10.0 Å². The van der Waals surface area contributed by atoms with Gasteiger partial charge in [-0.05, 0) is 18.4 Å². The number of rotatable bonds is 3. The molecule has 1 aromatic rings. The van der Waals surface area contributed by atoms with Gasteiger partial charge in [-0.25, -0.2) is 17.2 Å². The Morgan fingerprint density at radius 3 is 2.63 bits per heavy atom. The maximum absolute atomic E-state index is 13.6. The average molecular weight is 292 g/mol. The van der Waals surface area contributed by atoms with Crippen LogP contribution in [0.4, 0.5) is 14.5 Å². The number of hydrogen-bond acceptors (Lipinski definition) is 4. The van der Waals surface area contributed by atoms with Crippen LogP contribution < -0.4 is 5.73 Å². The maximum Gasteiger partial charge on any atom is 0.246 e. The van der Waals surface area contributed by atoms with E-state index in [1.54, 1.807) is 0 Å². The van der Waals surface area contributed by atoms with E-state index < -0.39 is 32.2 Å². The van der Waals surface area contributed by atoms with Crippen LogP contribution in [0.3, 0.4) is 0 Å². The highest BCUT2D eigenvalue weighted by atomic mass is 32.2. The van der Waals surface area contributed by atoms with Gasteiger partial charge in [0, 0.05) is 25.8 Å². The second-order valence-corrected chi connectivity index (χ2v) is 6.41. The number of sulfonamides is 1. The van der Waals surface area contributed by atoms with Crippen LogP contribution in [0.15, 0.2) is 17.0 Å². The van der Waals surface area contributed by atoms with Crippen molar-refractivity contribution in [1.82, 2.24) is 4.31 Å². The van der Waals surface area contributed by atoms with E-state index in [-0.39, 0.29) is 25.6 Å². The number of aliphatic hydroxyl groups excluding tert-OH is 1. The van der Waals surface area contributed by atoms with Crippen molar-refractivity contribution in [3.63, 3.8) is 0 Å². The molecule has 8 heteroatoms. The topological polar surface area (TPSA) is 83.6 Å². The van der Waals surface area contributed by atoms with Crippen molar-refractivity contribution < 1.29 is 22.3 Å². The van der Waals surface area contributed by atoms with Crippen LogP contribution in [-0.4, -0.2) is 37.5 Å². The maximum atomic E-state index is 13.6. The fourth-order valence-corrected chi connectivity index (χ4v) is 3.66. The molecule has 1 unspecified atom stereocenters. The number of nitrogens with two attached hydrogens (primary N) is 1. The number of anilines is 1. The molecule has 0 saturated carbocycles. The molecule has 1 atom stereocenters. The number of halogens is 2. The zero-order chi connectivity index (χ0) is 14.2. The standard InChI is InChI=1S/C11H14F2N2O3S/c12-8-3-9(13)11(4-10(8)14)19(17,18)15-2-1-7(5-15)6-16/h3-4,7,16H,1-2,5-6,14H2. The van der Waals surface area contributed by atoms with E-state index >= 15 is 0 Å². The Labute approximate surface area is 109 Å². The summed E-state index contributed by atoms with van der Waals surface area (Å²) in [6, 6.07) is 1.24. The Morgan fingerprint density at radius 1 is 1.37 bits per heavy atom.